The molecule has 0 saturated carbocycles. The summed E-state index contributed by atoms with van der Waals surface area (Å²) in [6.07, 6.45) is 0.860. The van der Waals surface area contributed by atoms with Crippen LogP contribution < -0.4 is 0 Å². The number of nitrogens with zero attached hydrogens (tertiary/aromatic N) is 4. The van der Waals surface area contributed by atoms with Crippen molar-refractivity contribution in [1.82, 2.24) is 19.4 Å². The summed E-state index contributed by atoms with van der Waals surface area (Å²) in [4.78, 5) is 22.5. The first-order chi connectivity index (χ1) is 18.3. The van der Waals surface area contributed by atoms with Gasteiger partial charge in [0.2, 0.25) is 0 Å². The number of benzene rings is 4. The SMILES string of the molecule is O=C(c1ccc(-c2ccccc2)cc1)N1CCN(CCc2nc3ccccc3n2-c2ccccc2)CC1. The van der Waals surface area contributed by atoms with Crippen molar-refractivity contribution in [2.75, 3.05) is 32.7 Å². The fraction of sp³-hybridized carbons (Fsp3) is 0.188. The van der Waals surface area contributed by atoms with Crippen LogP contribution in [-0.2, 0) is 6.42 Å². The first-order valence-corrected chi connectivity index (χ1v) is 13.0. The summed E-state index contributed by atoms with van der Waals surface area (Å²) in [5, 5.41) is 0. The Hall–Kier alpha value is -4.22. The molecule has 1 amide bonds. The molecule has 1 aliphatic heterocycles. The fourth-order valence-corrected chi connectivity index (χ4v) is 5.16. The van der Waals surface area contributed by atoms with E-state index in [1.54, 1.807) is 0 Å². The molecule has 0 atom stereocenters. The molecule has 0 bridgehead atoms. The zero-order valence-corrected chi connectivity index (χ0v) is 20.8. The quantitative estimate of drug-likeness (QED) is 0.310. The summed E-state index contributed by atoms with van der Waals surface area (Å²) in [5.74, 6) is 1.19. The number of hydrogen-bond donors (Lipinski definition) is 0. The number of imidazole rings is 1. The van der Waals surface area contributed by atoms with E-state index < -0.39 is 0 Å². The lowest BCUT2D eigenvalue weighted by molar-refractivity contribution is 0.0638. The summed E-state index contributed by atoms with van der Waals surface area (Å²) in [5.41, 5.74) is 6.34. The monoisotopic (exact) mass is 486 g/mol. The lowest BCUT2D eigenvalue weighted by Crippen LogP contribution is -2.49. The van der Waals surface area contributed by atoms with Gasteiger partial charge in [0, 0.05) is 50.4 Å². The van der Waals surface area contributed by atoms with Crippen LogP contribution in [0.15, 0.2) is 109 Å². The third kappa shape index (κ3) is 4.91. The maximum absolute atomic E-state index is 13.1. The molecule has 0 unspecified atom stereocenters. The van der Waals surface area contributed by atoms with Gasteiger partial charge in [-0.1, -0.05) is 72.8 Å². The highest BCUT2D eigenvalue weighted by Crippen LogP contribution is 2.23. The van der Waals surface area contributed by atoms with Crippen molar-refractivity contribution >= 4 is 16.9 Å². The Kier molecular flexibility index (Phi) is 6.53. The summed E-state index contributed by atoms with van der Waals surface area (Å²) >= 11 is 0. The Labute approximate surface area is 217 Å². The van der Waals surface area contributed by atoms with Crippen molar-refractivity contribution < 1.29 is 4.79 Å². The molecular weight excluding hydrogens is 456 g/mol. The molecule has 0 radical (unpaired) electrons. The Morgan fingerprint density at radius 2 is 1.30 bits per heavy atom. The van der Waals surface area contributed by atoms with Crippen LogP contribution in [0.3, 0.4) is 0 Å². The van der Waals surface area contributed by atoms with E-state index in [9.17, 15) is 4.79 Å². The van der Waals surface area contributed by atoms with Gasteiger partial charge in [0.05, 0.1) is 11.0 Å². The first-order valence-electron chi connectivity index (χ1n) is 13.0. The van der Waals surface area contributed by atoms with E-state index in [0.717, 1.165) is 78.4 Å². The van der Waals surface area contributed by atoms with Crippen molar-refractivity contribution in [3.05, 3.63) is 121 Å². The molecule has 1 saturated heterocycles. The van der Waals surface area contributed by atoms with Gasteiger partial charge in [0.25, 0.3) is 5.91 Å². The van der Waals surface area contributed by atoms with Crippen molar-refractivity contribution in [3.8, 4) is 16.8 Å². The second-order valence-electron chi connectivity index (χ2n) is 9.51. The molecular formula is C32H30N4O. The Bertz CT molecular complexity index is 1480. The number of amides is 1. The molecule has 1 aliphatic rings. The molecule has 0 spiro atoms. The molecule has 184 valence electrons. The van der Waals surface area contributed by atoms with Crippen LogP contribution in [0.4, 0.5) is 0 Å². The first kappa shape index (κ1) is 23.2. The molecule has 5 nitrogen and oxygen atoms in total. The second-order valence-corrected chi connectivity index (χ2v) is 9.51. The van der Waals surface area contributed by atoms with Crippen LogP contribution in [0.2, 0.25) is 0 Å². The highest BCUT2D eigenvalue weighted by Gasteiger charge is 2.23. The number of hydrogen-bond acceptors (Lipinski definition) is 3. The largest absolute Gasteiger partial charge is 0.336 e. The summed E-state index contributed by atoms with van der Waals surface area (Å²) in [6.45, 7) is 4.16. The molecule has 0 aliphatic carbocycles. The summed E-state index contributed by atoms with van der Waals surface area (Å²) in [6, 6.07) is 37.0. The van der Waals surface area contributed by atoms with Crippen LogP contribution >= 0.6 is 0 Å². The number of carbonyl (C=O) groups excluding carboxylic acids is 1. The van der Waals surface area contributed by atoms with Gasteiger partial charge in [-0.3, -0.25) is 14.3 Å². The van der Waals surface area contributed by atoms with Gasteiger partial charge >= 0.3 is 0 Å². The van der Waals surface area contributed by atoms with Gasteiger partial charge in [-0.25, -0.2) is 4.98 Å². The average Bonchev–Trinajstić information content (AvgIpc) is 3.35. The highest BCUT2D eigenvalue weighted by molar-refractivity contribution is 5.94. The Morgan fingerprint density at radius 3 is 2.03 bits per heavy atom. The van der Waals surface area contributed by atoms with Gasteiger partial charge in [0.1, 0.15) is 5.82 Å². The van der Waals surface area contributed by atoms with Gasteiger partial charge in [-0.05, 0) is 47.5 Å². The third-order valence-corrected chi connectivity index (χ3v) is 7.19. The standard InChI is InChI=1S/C32H30N4O/c37-32(27-17-15-26(16-18-27)25-9-3-1-4-10-25)35-23-21-34(22-24-35)20-19-31-33-29-13-7-8-14-30(29)36(31)28-11-5-2-6-12-28/h1-18H,19-24H2. The smallest absolute Gasteiger partial charge is 0.253 e. The van der Waals surface area contributed by atoms with Crippen molar-refractivity contribution in [1.29, 1.82) is 0 Å². The van der Waals surface area contributed by atoms with E-state index in [-0.39, 0.29) is 5.91 Å². The minimum atomic E-state index is 0.116. The number of fused-ring (bicyclic) bond motifs is 1. The predicted octanol–water partition coefficient (Wildman–Crippen LogP) is 5.69. The number of rotatable bonds is 6. The normalized spacial score (nSPS) is 14.2. The molecule has 5 aromatic rings. The van der Waals surface area contributed by atoms with E-state index in [2.05, 4.69) is 64.1 Å². The second kappa shape index (κ2) is 10.4. The fourth-order valence-electron chi connectivity index (χ4n) is 5.16. The van der Waals surface area contributed by atoms with E-state index in [0.29, 0.717) is 0 Å². The van der Waals surface area contributed by atoms with E-state index >= 15 is 0 Å². The van der Waals surface area contributed by atoms with Gasteiger partial charge in [-0.2, -0.15) is 0 Å². The summed E-state index contributed by atoms with van der Waals surface area (Å²) < 4.78 is 2.27. The molecule has 1 aromatic heterocycles. The molecule has 5 heteroatoms. The predicted molar refractivity (Wildman–Crippen MR) is 149 cm³/mol. The number of aromatic nitrogens is 2. The zero-order chi connectivity index (χ0) is 25.0. The Balaban J connectivity index is 1.09. The lowest BCUT2D eigenvalue weighted by atomic mass is 10.0. The van der Waals surface area contributed by atoms with E-state index in [1.807, 2.05) is 59.5 Å². The highest BCUT2D eigenvalue weighted by atomic mass is 16.2. The molecule has 2 heterocycles. The van der Waals surface area contributed by atoms with Gasteiger partial charge < -0.3 is 4.90 Å². The summed E-state index contributed by atoms with van der Waals surface area (Å²) in [7, 11) is 0. The minimum Gasteiger partial charge on any atom is -0.336 e. The van der Waals surface area contributed by atoms with E-state index in [1.165, 1.54) is 0 Å². The molecule has 4 aromatic carbocycles. The van der Waals surface area contributed by atoms with Crippen molar-refractivity contribution in [2.24, 2.45) is 0 Å². The van der Waals surface area contributed by atoms with E-state index in [4.69, 9.17) is 4.98 Å². The van der Waals surface area contributed by atoms with Gasteiger partial charge in [-0.15, -0.1) is 0 Å². The Morgan fingerprint density at radius 1 is 0.676 bits per heavy atom. The van der Waals surface area contributed by atoms with Crippen molar-refractivity contribution in [3.63, 3.8) is 0 Å². The van der Waals surface area contributed by atoms with Crippen LogP contribution in [0.5, 0.6) is 0 Å². The number of carbonyl (C=O) groups is 1. The third-order valence-electron chi connectivity index (χ3n) is 7.19. The van der Waals surface area contributed by atoms with Crippen LogP contribution in [0.1, 0.15) is 16.2 Å². The zero-order valence-electron chi connectivity index (χ0n) is 20.8. The van der Waals surface area contributed by atoms with Crippen molar-refractivity contribution in [2.45, 2.75) is 6.42 Å². The van der Waals surface area contributed by atoms with Crippen LogP contribution in [0, 0.1) is 0 Å². The van der Waals surface area contributed by atoms with Crippen LogP contribution in [-0.4, -0.2) is 58.0 Å². The van der Waals surface area contributed by atoms with Crippen LogP contribution in [0.25, 0.3) is 27.8 Å². The maximum atomic E-state index is 13.1. The molecule has 37 heavy (non-hydrogen) atoms. The minimum absolute atomic E-state index is 0.116. The number of para-hydroxylation sites is 3. The average molecular weight is 487 g/mol. The maximum Gasteiger partial charge on any atom is 0.253 e. The molecule has 1 fully saturated rings. The molecule has 0 N–H and O–H groups in total. The molecule has 6 rings (SSSR count). The topological polar surface area (TPSA) is 41.4 Å². The number of piperazine rings is 1. The lowest BCUT2D eigenvalue weighted by Gasteiger charge is -2.34. The van der Waals surface area contributed by atoms with Gasteiger partial charge in [0.15, 0.2) is 0 Å².